The SMILES string of the molecule is O=C(CNS(=O)(=O)Cc1cccc(F)c1)N1CCOC(c2ccccc2)C1. The highest BCUT2D eigenvalue weighted by Crippen LogP contribution is 2.21. The maximum Gasteiger partial charge on any atom is 0.237 e. The van der Waals surface area contributed by atoms with Gasteiger partial charge < -0.3 is 9.64 Å². The van der Waals surface area contributed by atoms with E-state index in [-0.39, 0.29) is 24.3 Å². The maximum absolute atomic E-state index is 13.2. The Morgan fingerprint density at radius 1 is 1.19 bits per heavy atom. The molecule has 0 saturated carbocycles. The van der Waals surface area contributed by atoms with Crippen LogP contribution in [0.25, 0.3) is 0 Å². The highest BCUT2D eigenvalue weighted by molar-refractivity contribution is 7.88. The number of morpholine rings is 1. The van der Waals surface area contributed by atoms with Crippen LogP contribution in [0.4, 0.5) is 4.39 Å². The van der Waals surface area contributed by atoms with Crippen molar-refractivity contribution in [1.82, 2.24) is 9.62 Å². The number of benzene rings is 2. The smallest absolute Gasteiger partial charge is 0.237 e. The molecule has 0 aromatic heterocycles. The monoisotopic (exact) mass is 392 g/mol. The van der Waals surface area contributed by atoms with E-state index in [1.165, 1.54) is 18.2 Å². The van der Waals surface area contributed by atoms with Gasteiger partial charge in [-0.15, -0.1) is 0 Å². The average Bonchev–Trinajstić information content (AvgIpc) is 2.67. The Morgan fingerprint density at radius 2 is 1.96 bits per heavy atom. The van der Waals surface area contributed by atoms with Crippen LogP contribution in [0.15, 0.2) is 54.6 Å². The molecule has 1 aliphatic rings. The molecule has 0 aliphatic carbocycles. The van der Waals surface area contributed by atoms with E-state index < -0.39 is 15.8 Å². The van der Waals surface area contributed by atoms with Crippen molar-refractivity contribution in [3.63, 3.8) is 0 Å². The first-order valence-corrected chi connectivity index (χ1v) is 10.2. The fourth-order valence-electron chi connectivity index (χ4n) is 2.93. The largest absolute Gasteiger partial charge is 0.370 e. The molecule has 2 aromatic carbocycles. The number of amides is 1. The molecule has 1 atom stereocenters. The second-order valence-corrected chi connectivity index (χ2v) is 8.13. The zero-order chi connectivity index (χ0) is 19.3. The molecule has 3 rings (SSSR count). The third kappa shape index (κ3) is 5.59. The number of rotatable bonds is 6. The molecule has 144 valence electrons. The van der Waals surface area contributed by atoms with Crippen molar-refractivity contribution >= 4 is 15.9 Å². The minimum atomic E-state index is -3.75. The van der Waals surface area contributed by atoms with Gasteiger partial charge >= 0.3 is 0 Å². The van der Waals surface area contributed by atoms with E-state index in [9.17, 15) is 17.6 Å². The third-order valence-corrected chi connectivity index (χ3v) is 5.58. The highest BCUT2D eigenvalue weighted by atomic mass is 32.2. The molecular formula is C19H21FN2O4S. The molecule has 1 saturated heterocycles. The molecule has 27 heavy (non-hydrogen) atoms. The predicted octanol–water partition coefficient (Wildman–Crippen LogP) is 1.85. The molecule has 6 nitrogen and oxygen atoms in total. The lowest BCUT2D eigenvalue weighted by molar-refractivity contribution is -0.137. The van der Waals surface area contributed by atoms with E-state index >= 15 is 0 Å². The van der Waals surface area contributed by atoms with E-state index in [1.54, 1.807) is 4.90 Å². The lowest BCUT2D eigenvalue weighted by Gasteiger charge is -2.33. The van der Waals surface area contributed by atoms with Gasteiger partial charge in [-0.2, -0.15) is 0 Å². The van der Waals surface area contributed by atoms with Crippen molar-refractivity contribution in [3.8, 4) is 0 Å². The van der Waals surface area contributed by atoms with Crippen LogP contribution in [0.1, 0.15) is 17.2 Å². The lowest BCUT2D eigenvalue weighted by Crippen LogP contribution is -2.46. The van der Waals surface area contributed by atoms with Crippen molar-refractivity contribution in [2.45, 2.75) is 11.9 Å². The Hall–Kier alpha value is -2.29. The molecule has 1 heterocycles. The fraction of sp³-hybridized carbons (Fsp3) is 0.316. The fourth-order valence-corrected chi connectivity index (χ4v) is 3.99. The number of hydrogen-bond donors (Lipinski definition) is 1. The topological polar surface area (TPSA) is 75.7 Å². The van der Waals surface area contributed by atoms with Crippen LogP contribution in [-0.4, -0.2) is 45.5 Å². The van der Waals surface area contributed by atoms with Gasteiger partial charge in [0.1, 0.15) is 11.9 Å². The van der Waals surface area contributed by atoms with Gasteiger partial charge in [0, 0.05) is 6.54 Å². The minimum absolute atomic E-state index is 0.229. The molecule has 1 unspecified atom stereocenters. The van der Waals surface area contributed by atoms with Crippen molar-refractivity contribution in [1.29, 1.82) is 0 Å². The van der Waals surface area contributed by atoms with Crippen LogP contribution in [0.5, 0.6) is 0 Å². The second-order valence-electron chi connectivity index (χ2n) is 6.32. The number of hydrogen-bond acceptors (Lipinski definition) is 4. The number of carbonyl (C=O) groups is 1. The Kier molecular flexibility index (Phi) is 6.20. The van der Waals surface area contributed by atoms with Crippen molar-refractivity contribution in [2.75, 3.05) is 26.2 Å². The number of ether oxygens (including phenoxy) is 1. The van der Waals surface area contributed by atoms with Crippen LogP contribution in [0.2, 0.25) is 0 Å². The van der Waals surface area contributed by atoms with Crippen molar-refractivity contribution in [3.05, 3.63) is 71.5 Å². The Balaban J connectivity index is 1.55. The number of nitrogens with one attached hydrogen (secondary N) is 1. The molecular weight excluding hydrogens is 371 g/mol. The first-order valence-electron chi connectivity index (χ1n) is 8.59. The first-order chi connectivity index (χ1) is 12.9. The number of sulfonamides is 1. The van der Waals surface area contributed by atoms with Gasteiger partial charge in [0.2, 0.25) is 15.9 Å². The van der Waals surface area contributed by atoms with E-state index in [0.29, 0.717) is 25.3 Å². The van der Waals surface area contributed by atoms with Gasteiger partial charge in [-0.3, -0.25) is 4.79 Å². The van der Waals surface area contributed by atoms with Gasteiger partial charge in [0.05, 0.1) is 25.4 Å². The zero-order valence-electron chi connectivity index (χ0n) is 14.7. The molecule has 1 amide bonds. The second kappa shape index (κ2) is 8.60. The molecule has 1 N–H and O–H groups in total. The van der Waals surface area contributed by atoms with Crippen LogP contribution in [-0.2, 0) is 25.3 Å². The Bertz CT molecular complexity index is 890. The van der Waals surface area contributed by atoms with Crippen molar-refractivity contribution < 1.29 is 22.3 Å². The minimum Gasteiger partial charge on any atom is -0.370 e. The summed E-state index contributed by atoms with van der Waals surface area (Å²) >= 11 is 0. The van der Waals surface area contributed by atoms with Gasteiger partial charge in [-0.25, -0.2) is 17.5 Å². The molecule has 0 bridgehead atoms. The molecule has 0 spiro atoms. The molecule has 0 radical (unpaired) electrons. The van der Waals surface area contributed by atoms with Crippen molar-refractivity contribution in [2.24, 2.45) is 0 Å². The Morgan fingerprint density at radius 3 is 2.70 bits per heavy atom. The average molecular weight is 392 g/mol. The van der Waals surface area contributed by atoms with Gasteiger partial charge in [-0.1, -0.05) is 42.5 Å². The number of nitrogens with zero attached hydrogens (tertiary/aromatic N) is 1. The number of carbonyl (C=O) groups excluding carboxylic acids is 1. The summed E-state index contributed by atoms with van der Waals surface area (Å²) in [5, 5.41) is 0. The van der Waals surface area contributed by atoms with Crippen LogP contribution in [0, 0.1) is 5.82 Å². The molecule has 2 aromatic rings. The normalized spacial score (nSPS) is 17.7. The van der Waals surface area contributed by atoms with E-state index in [0.717, 1.165) is 11.6 Å². The summed E-state index contributed by atoms with van der Waals surface area (Å²) in [6, 6.07) is 14.9. The third-order valence-electron chi connectivity index (χ3n) is 4.28. The van der Waals surface area contributed by atoms with Crippen LogP contribution in [0.3, 0.4) is 0 Å². The van der Waals surface area contributed by atoms with Gasteiger partial charge in [0.25, 0.3) is 0 Å². The predicted molar refractivity (Wildman–Crippen MR) is 98.7 cm³/mol. The molecule has 8 heteroatoms. The van der Waals surface area contributed by atoms with Gasteiger partial charge in [-0.05, 0) is 23.3 Å². The highest BCUT2D eigenvalue weighted by Gasteiger charge is 2.26. The van der Waals surface area contributed by atoms with Crippen LogP contribution < -0.4 is 4.72 Å². The molecule has 1 fully saturated rings. The molecule has 1 aliphatic heterocycles. The summed E-state index contributed by atoms with van der Waals surface area (Å²) in [4.78, 5) is 14.0. The summed E-state index contributed by atoms with van der Waals surface area (Å²) < 4.78 is 45.5. The Labute approximate surface area is 158 Å². The summed E-state index contributed by atoms with van der Waals surface area (Å²) in [5.74, 6) is -1.20. The van der Waals surface area contributed by atoms with Gasteiger partial charge in [0.15, 0.2) is 0 Å². The summed E-state index contributed by atoms with van der Waals surface area (Å²) in [7, 11) is -3.75. The zero-order valence-corrected chi connectivity index (χ0v) is 15.5. The van der Waals surface area contributed by atoms with Crippen LogP contribution >= 0.6 is 0 Å². The number of halogens is 1. The lowest BCUT2D eigenvalue weighted by atomic mass is 10.1. The quantitative estimate of drug-likeness (QED) is 0.814. The summed E-state index contributed by atoms with van der Waals surface area (Å²) in [6.45, 7) is 0.836. The maximum atomic E-state index is 13.2. The van der Waals surface area contributed by atoms with E-state index in [1.807, 2.05) is 30.3 Å². The van der Waals surface area contributed by atoms with E-state index in [2.05, 4.69) is 4.72 Å². The summed E-state index contributed by atoms with van der Waals surface area (Å²) in [5.41, 5.74) is 1.30. The summed E-state index contributed by atoms with van der Waals surface area (Å²) in [6.07, 6.45) is -0.229. The van der Waals surface area contributed by atoms with E-state index in [4.69, 9.17) is 4.74 Å². The first kappa shape index (κ1) is 19.5. The standard InChI is InChI=1S/C19H21FN2O4S/c20-17-8-4-5-15(11-17)14-27(24,25)21-12-19(23)22-9-10-26-18(13-22)16-6-2-1-3-7-16/h1-8,11,18,21H,9-10,12-14H2.